The number of benzene rings is 2. The molecule has 0 radical (unpaired) electrons. The minimum absolute atomic E-state index is 0.119. The van der Waals surface area contributed by atoms with E-state index in [9.17, 15) is 12.8 Å². The number of sulfonamides is 1. The SMILES string of the molecule is Cc1cc(F)ccc1S(=O)(=O)N[C@@H](C)CC(C)(C)c1ccccc1. The standard InChI is InChI=1S/C19H24FNO2S/c1-14-12-17(20)10-11-18(14)24(22,23)21-15(2)13-19(3,4)16-8-6-5-7-9-16/h5-12,15,21H,13H2,1-4H3/t15-/m0/s1. The average Bonchev–Trinajstić information content (AvgIpc) is 2.46. The van der Waals surface area contributed by atoms with Crippen LogP contribution < -0.4 is 4.72 Å². The maximum absolute atomic E-state index is 13.2. The average molecular weight is 349 g/mol. The van der Waals surface area contributed by atoms with Gasteiger partial charge in [-0.1, -0.05) is 44.2 Å². The second kappa shape index (κ2) is 7.03. The van der Waals surface area contributed by atoms with Crippen molar-refractivity contribution in [3.8, 4) is 0 Å². The van der Waals surface area contributed by atoms with Gasteiger partial charge in [0.15, 0.2) is 0 Å². The van der Waals surface area contributed by atoms with E-state index >= 15 is 0 Å². The summed E-state index contributed by atoms with van der Waals surface area (Å²) in [4.78, 5) is 0.119. The van der Waals surface area contributed by atoms with E-state index < -0.39 is 15.8 Å². The van der Waals surface area contributed by atoms with Gasteiger partial charge in [0.2, 0.25) is 10.0 Å². The Morgan fingerprint density at radius 1 is 1.12 bits per heavy atom. The Balaban J connectivity index is 2.15. The van der Waals surface area contributed by atoms with Crippen LogP contribution in [0.3, 0.4) is 0 Å². The van der Waals surface area contributed by atoms with Crippen LogP contribution in [0.15, 0.2) is 53.4 Å². The first kappa shape index (κ1) is 18.6. The number of aryl methyl sites for hydroxylation is 1. The number of nitrogens with one attached hydrogen (secondary N) is 1. The Labute approximate surface area is 144 Å². The molecule has 1 N–H and O–H groups in total. The summed E-state index contributed by atoms with van der Waals surface area (Å²) >= 11 is 0. The molecule has 130 valence electrons. The minimum Gasteiger partial charge on any atom is -0.208 e. The highest BCUT2D eigenvalue weighted by Crippen LogP contribution is 2.28. The number of halogens is 1. The van der Waals surface area contributed by atoms with Gasteiger partial charge in [0.05, 0.1) is 4.90 Å². The Morgan fingerprint density at radius 2 is 1.75 bits per heavy atom. The molecule has 0 unspecified atom stereocenters. The van der Waals surface area contributed by atoms with E-state index in [2.05, 4.69) is 18.6 Å². The second-order valence-electron chi connectivity index (χ2n) is 6.89. The molecule has 0 aliphatic carbocycles. The lowest BCUT2D eigenvalue weighted by atomic mass is 9.79. The summed E-state index contributed by atoms with van der Waals surface area (Å²) in [6.07, 6.45) is 0.649. The van der Waals surface area contributed by atoms with Gasteiger partial charge in [-0.05, 0) is 55.0 Å². The van der Waals surface area contributed by atoms with Crippen LogP contribution in [-0.4, -0.2) is 14.5 Å². The Morgan fingerprint density at radius 3 is 2.33 bits per heavy atom. The lowest BCUT2D eigenvalue weighted by Crippen LogP contribution is -2.37. The van der Waals surface area contributed by atoms with E-state index in [0.29, 0.717) is 12.0 Å². The fourth-order valence-corrected chi connectivity index (χ4v) is 4.53. The van der Waals surface area contributed by atoms with Crippen LogP contribution in [0, 0.1) is 12.7 Å². The van der Waals surface area contributed by atoms with Crippen LogP contribution >= 0.6 is 0 Å². The normalized spacial score (nSPS) is 13.7. The third kappa shape index (κ3) is 4.42. The summed E-state index contributed by atoms with van der Waals surface area (Å²) in [7, 11) is -3.68. The maximum atomic E-state index is 13.2. The number of rotatable bonds is 6. The molecule has 2 aromatic rings. The van der Waals surface area contributed by atoms with E-state index in [1.54, 1.807) is 6.92 Å². The molecular weight excluding hydrogens is 325 g/mol. The molecule has 2 aromatic carbocycles. The van der Waals surface area contributed by atoms with Gasteiger partial charge < -0.3 is 0 Å². The van der Waals surface area contributed by atoms with Crippen molar-refractivity contribution in [2.75, 3.05) is 0 Å². The summed E-state index contributed by atoms with van der Waals surface area (Å²) < 4.78 is 41.0. The highest BCUT2D eigenvalue weighted by atomic mass is 32.2. The van der Waals surface area contributed by atoms with Crippen LogP contribution in [0.25, 0.3) is 0 Å². The summed E-state index contributed by atoms with van der Waals surface area (Å²) in [5, 5.41) is 0. The van der Waals surface area contributed by atoms with Crippen molar-refractivity contribution in [3.63, 3.8) is 0 Å². The third-order valence-corrected chi connectivity index (χ3v) is 5.90. The van der Waals surface area contributed by atoms with Crippen LogP contribution in [0.2, 0.25) is 0 Å². The highest BCUT2D eigenvalue weighted by Gasteiger charge is 2.26. The molecule has 0 bridgehead atoms. The predicted octanol–water partition coefficient (Wildman–Crippen LogP) is 4.17. The smallest absolute Gasteiger partial charge is 0.208 e. The lowest BCUT2D eigenvalue weighted by molar-refractivity contribution is 0.418. The van der Waals surface area contributed by atoms with E-state index in [0.717, 1.165) is 5.56 Å². The lowest BCUT2D eigenvalue weighted by Gasteiger charge is -2.29. The summed E-state index contributed by atoms with van der Waals surface area (Å²) in [5.74, 6) is -0.440. The molecule has 0 aromatic heterocycles. The minimum atomic E-state index is -3.68. The summed E-state index contributed by atoms with van der Waals surface area (Å²) in [6, 6.07) is 13.5. The monoisotopic (exact) mass is 349 g/mol. The van der Waals surface area contributed by atoms with Crippen molar-refractivity contribution < 1.29 is 12.8 Å². The molecule has 5 heteroatoms. The molecule has 24 heavy (non-hydrogen) atoms. The van der Waals surface area contributed by atoms with Gasteiger partial charge in [0.25, 0.3) is 0 Å². The van der Waals surface area contributed by atoms with Gasteiger partial charge in [-0.2, -0.15) is 0 Å². The summed E-state index contributed by atoms with van der Waals surface area (Å²) in [6.45, 7) is 7.63. The largest absolute Gasteiger partial charge is 0.241 e. The van der Waals surface area contributed by atoms with Crippen molar-refractivity contribution in [1.29, 1.82) is 0 Å². The van der Waals surface area contributed by atoms with E-state index in [1.807, 2.05) is 37.3 Å². The zero-order valence-corrected chi connectivity index (χ0v) is 15.3. The molecule has 0 aliphatic rings. The van der Waals surface area contributed by atoms with E-state index in [1.165, 1.54) is 18.2 Å². The van der Waals surface area contributed by atoms with Crippen molar-refractivity contribution in [2.24, 2.45) is 0 Å². The summed E-state index contributed by atoms with van der Waals surface area (Å²) in [5.41, 5.74) is 1.40. The van der Waals surface area contributed by atoms with E-state index in [4.69, 9.17) is 0 Å². The fraction of sp³-hybridized carbons (Fsp3) is 0.368. The molecule has 2 rings (SSSR count). The van der Waals surface area contributed by atoms with Crippen LogP contribution in [0.1, 0.15) is 38.3 Å². The topological polar surface area (TPSA) is 46.2 Å². The van der Waals surface area contributed by atoms with Gasteiger partial charge in [0.1, 0.15) is 5.82 Å². The zero-order valence-electron chi connectivity index (χ0n) is 14.5. The molecular formula is C19H24FNO2S. The molecule has 0 aliphatic heterocycles. The van der Waals surface area contributed by atoms with Crippen LogP contribution in [0.4, 0.5) is 4.39 Å². The van der Waals surface area contributed by atoms with Crippen molar-refractivity contribution in [1.82, 2.24) is 4.72 Å². The van der Waals surface area contributed by atoms with Crippen LogP contribution in [0.5, 0.6) is 0 Å². The predicted molar refractivity (Wildman–Crippen MR) is 95.0 cm³/mol. The van der Waals surface area contributed by atoms with Gasteiger partial charge >= 0.3 is 0 Å². The molecule has 0 saturated carbocycles. The second-order valence-corrected chi connectivity index (χ2v) is 8.57. The van der Waals surface area contributed by atoms with Gasteiger partial charge in [-0.25, -0.2) is 17.5 Å². The van der Waals surface area contributed by atoms with Gasteiger partial charge in [-0.3, -0.25) is 0 Å². The first-order valence-corrected chi connectivity index (χ1v) is 9.44. The molecule has 3 nitrogen and oxygen atoms in total. The third-order valence-electron chi connectivity index (χ3n) is 4.15. The van der Waals surface area contributed by atoms with Crippen LogP contribution in [-0.2, 0) is 15.4 Å². The molecule has 0 saturated heterocycles. The zero-order chi connectivity index (χ0) is 18.0. The molecule has 1 atom stereocenters. The van der Waals surface area contributed by atoms with Gasteiger partial charge in [0, 0.05) is 6.04 Å². The van der Waals surface area contributed by atoms with Crippen molar-refractivity contribution in [3.05, 3.63) is 65.5 Å². The molecule has 0 amide bonds. The highest BCUT2D eigenvalue weighted by molar-refractivity contribution is 7.89. The Bertz CT molecular complexity index is 801. The molecule has 0 fully saturated rings. The van der Waals surface area contributed by atoms with Gasteiger partial charge in [-0.15, -0.1) is 0 Å². The first-order valence-electron chi connectivity index (χ1n) is 7.96. The molecule has 0 spiro atoms. The van der Waals surface area contributed by atoms with E-state index in [-0.39, 0.29) is 16.4 Å². The van der Waals surface area contributed by atoms with Crippen molar-refractivity contribution in [2.45, 2.75) is 50.5 Å². The van der Waals surface area contributed by atoms with Crippen molar-refractivity contribution >= 4 is 10.0 Å². The number of hydrogen-bond acceptors (Lipinski definition) is 2. The number of hydrogen-bond donors (Lipinski definition) is 1. The Kier molecular flexibility index (Phi) is 5.45. The molecule has 0 heterocycles. The maximum Gasteiger partial charge on any atom is 0.241 e. The Hall–Kier alpha value is -1.72. The first-order chi connectivity index (χ1) is 11.1. The fourth-order valence-electron chi connectivity index (χ4n) is 3.06. The quantitative estimate of drug-likeness (QED) is 0.851.